The van der Waals surface area contributed by atoms with Gasteiger partial charge in [-0.2, -0.15) is 0 Å². The molecule has 1 amide bonds. The van der Waals surface area contributed by atoms with Crippen LogP contribution in [0, 0.1) is 0 Å². The molecule has 2 rings (SSSR count). The largest absolute Gasteiger partial charge is 0.366 e. The lowest BCUT2D eigenvalue weighted by molar-refractivity contribution is 0.1000. The second-order valence-corrected chi connectivity index (χ2v) is 5.56. The standard InChI is InChI=1S/C16H25N3O/c1-2-8-19-9-6-15(7-10-19)18-12-13-4-3-5-14(11-13)16(17)20/h3-5,11,15,18H,2,6-10,12H2,1H3,(H2,17,20). The second-order valence-electron chi connectivity index (χ2n) is 5.56. The zero-order valence-electron chi connectivity index (χ0n) is 12.3. The normalized spacial score (nSPS) is 17.2. The summed E-state index contributed by atoms with van der Waals surface area (Å²) in [5.41, 5.74) is 7.01. The van der Waals surface area contributed by atoms with Crippen molar-refractivity contribution in [3.05, 3.63) is 35.4 Å². The Bertz CT molecular complexity index is 439. The lowest BCUT2D eigenvalue weighted by Crippen LogP contribution is -2.42. The summed E-state index contributed by atoms with van der Waals surface area (Å²) in [4.78, 5) is 13.7. The van der Waals surface area contributed by atoms with Gasteiger partial charge < -0.3 is 16.0 Å². The summed E-state index contributed by atoms with van der Waals surface area (Å²) < 4.78 is 0. The Morgan fingerprint density at radius 3 is 2.80 bits per heavy atom. The SMILES string of the molecule is CCCN1CCC(NCc2cccc(C(N)=O)c2)CC1. The van der Waals surface area contributed by atoms with Gasteiger partial charge in [0.15, 0.2) is 0 Å². The number of hydrogen-bond donors (Lipinski definition) is 2. The van der Waals surface area contributed by atoms with Crippen LogP contribution in [0.3, 0.4) is 0 Å². The average Bonchev–Trinajstić information content (AvgIpc) is 2.47. The molecule has 0 radical (unpaired) electrons. The number of nitrogens with one attached hydrogen (secondary N) is 1. The van der Waals surface area contributed by atoms with Gasteiger partial charge in [0, 0.05) is 18.2 Å². The Balaban J connectivity index is 1.78. The zero-order chi connectivity index (χ0) is 14.4. The maximum Gasteiger partial charge on any atom is 0.248 e. The minimum atomic E-state index is -0.361. The number of nitrogens with two attached hydrogens (primary N) is 1. The molecule has 4 nitrogen and oxygen atoms in total. The Hall–Kier alpha value is -1.39. The van der Waals surface area contributed by atoms with Crippen LogP contribution in [0.25, 0.3) is 0 Å². The first-order valence-corrected chi connectivity index (χ1v) is 7.53. The Labute approximate surface area is 121 Å². The second kappa shape index (κ2) is 7.41. The lowest BCUT2D eigenvalue weighted by Gasteiger charge is -2.32. The van der Waals surface area contributed by atoms with Crippen molar-refractivity contribution in [2.24, 2.45) is 5.73 Å². The van der Waals surface area contributed by atoms with Gasteiger partial charge in [-0.3, -0.25) is 4.79 Å². The number of nitrogens with zero attached hydrogens (tertiary/aromatic N) is 1. The van der Waals surface area contributed by atoms with E-state index < -0.39 is 0 Å². The molecule has 4 heteroatoms. The lowest BCUT2D eigenvalue weighted by atomic mass is 10.0. The van der Waals surface area contributed by atoms with E-state index in [1.807, 2.05) is 18.2 Å². The molecule has 0 atom stereocenters. The molecule has 0 unspecified atom stereocenters. The zero-order valence-corrected chi connectivity index (χ0v) is 12.3. The molecule has 1 aliphatic heterocycles. The molecule has 0 aromatic heterocycles. The van der Waals surface area contributed by atoms with Crippen LogP contribution in [0.1, 0.15) is 42.1 Å². The maximum atomic E-state index is 11.2. The van der Waals surface area contributed by atoms with Crippen molar-refractivity contribution >= 4 is 5.91 Å². The molecule has 3 N–H and O–H groups in total. The van der Waals surface area contributed by atoms with E-state index in [2.05, 4.69) is 17.1 Å². The van der Waals surface area contributed by atoms with E-state index in [0.717, 1.165) is 12.1 Å². The maximum absolute atomic E-state index is 11.2. The molecule has 1 aromatic carbocycles. The van der Waals surface area contributed by atoms with Crippen molar-refractivity contribution in [2.45, 2.75) is 38.8 Å². The molecule has 1 fully saturated rings. The van der Waals surface area contributed by atoms with Crippen molar-refractivity contribution < 1.29 is 4.79 Å². The van der Waals surface area contributed by atoms with Crippen LogP contribution in [0.4, 0.5) is 0 Å². The van der Waals surface area contributed by atoms with Gasteiger partial charge in [-0.15, -0.1) is 0 Å². The minimum Gasteiger partial charge on any atom is -0.366 e. The van der Waals surface area contributed by atoms with Crippen molar-refractivity contribution in [1.29, 1.82) is 0 Å². The molecule has 0 bridgehead atoms. The highest BCUT2D eigenvalue weighted by Crippen LogP contribution is 2.12. The summed E-state index contributed by atoms with van der Waals surface area (Å²) in [5.74, 6) is -0.361. The molecule has 0 saturated carbocycles. The third-order valence-electron chi connectivity index (χ3n) is 3.93. The first kappa shape index (κ1) is 15.0. The Kier molecular flexibility index (Phi) is 5.56. The van der Waals surface area contributed by atoms with Crippen LogP contribution in [0.2, 0.25) is 0 Å². The summed E-state index contributed by atoms with van der Waals surface area (Å²) in [7, 11) is 0. The van der Waals surface area contributed by atoms with E-state index in [1.54, 1.807) is 6.07 Å². The number of benzene rings is 1. The van der Waals surface area contributed by atoms with Crippen molar-refractivity contribution in [3.63, 3.8) is 0 Å². The highest BCUT2D eigenvalue weighted by Gasteiger charge is 2.17. The molecule has 1 heterocycles. The summed E-state index contributed by atoms with van der Waals surface area (Å²) in [6.45, 7) is 6.63. The Morgan fingerprint density at radius 1 is 1.40 bits per heavy atom. The predicted molar refractivity (Wildman–Crippen MR) is 81.6 cm³/mol. The number of carbonyl (C=O) groups is 1. The number of primary amides is 1. The van der Waals surface area contributed by atoms with E-state index in [9.17, 15) is 4.79 Å². The van der Waals surface area contributed by atoms with E-state index in [4.69, 9.17) is 5.73 Å². The van der Waals surface area contributed by atoms with Crippen molar-refractivity contribution in [2.75, 3.05) is 19.6 Å². The van der Waals surface area contributed by atoms with E-state index >= 15 is 0 Å². The van der Waals surface area contributed by atoms with Gasteiger partial charge in [-0.25, -0.2) is 0 Å². The van der Waals surface area contributed by atoms with Gasteiger partial charge >= 0.3 is 0 Å². The third kappa shape index (κ3) is 4.32. The van der Waals surface area contributed by atoms with Gasteiger partial charge in [0.25, 0.3) is 0 Å². The average molecular weight is 275 g/mol. The topological polar surface area (TPSA) is 58.4 Å². The first-order valence-electron chi connectivity index (χ1n) is 7.53. The van der Waals surface area contributed by atoms with Crippen molar-refractivity contribution in [1.82, 2.24) is 10.2 Å². The Morgan fingerprint density at radius 2 is 2.15 bits per heavy atom. The molecule has 0 spiro atoms. The quantitative estimate of drug-likeness (QED) is 0.831. The van der Waals surface area contributed by atoms with Gasteiger partial charge in [0.1, 0.15) is 0 Å². The summed E-state index contributed by atoms with van der Waals surface area (Å²) >= 11 is 0. The number of carbonyl (C=O) groups excluding carboxylic acids is 1. The molecule has 1 saturated heterocycles. The van der Waals surface area contributed by atoms with Gasteiger partial charge in [0.2, 0.25) is 5.91 Å². The molecular formula is C16H25N3O. The van der Waals surface area contributed by atoms with Crippen LogP contribution >= 0.6 is 0 Å². The van der Waals surface area contributed by atoms with Gasteiger partial charge in [-0.05, 0) is 56.6 Å². The number of likely N-dealkylation sites (tertiary alicyclic amines) is 1. The molecule has 20 heavy (non-hydrogen) atoms. The van der Waals surface area contributed by atoms with E-state index in [0.29, 0.717) is 11.6 Å². The number of rotatable bonds is 6. The fourth-order valence-corrected chi connectivity index (χ4v) is 2.77. The summed E-state index contributed by atoms with van der Waals surface area (Å²) in [6, 6.07) is 8.14. The van der Waals surface area contributed by atoms with Crippen LogP contribution in [-0.2, 0) is 6.54 Å². The third-order valence-corrected chi connectivity index (χ3v) is 3.93. The number of piperidine rings is 1. The molecule has 1 aliphatic rings. The number of hydrogen-bond acceptors (Lipinski definition) is 3. The van der Waals surface area contributed by atoms with Gasteiger partial charge in [0.05, 0.1) is 0 Å². The monoisotopic (exact) mass is 275 g/mol. The fourth-order valence-electron chi connectivity index (χ4n) is 2.77. The summed E-state index contributed by atoms with van der Waals surface area (Å²) in [6.07, 6.45) is 3.64. The predicted octanol–water partition coefficient (Wildman–Crippen LogP) is 1.75. The highest BCUT2D eigenvalue weighted by atomic mass is 16.1. The molecule has 0 aliphatic carbocycles. The first-order chi connectivity index (χ1) is 9.69. The van der Waals surface area contributed by atoms with E-state index in [1.165, 1.54) is 38.9 Å². The van der Waals surface area contributed by atoms with Crippen LogP contribution in [-0.4, -0.2) is 36.5 Å². The van der Waals surface area contributed by atoms with Crippen molar-refractivity contribution in [3.8, 4) is 0 Å². The number of amides is 1. The van der Waals surface area contributed by atoms with Crippen LogP contribution in [0.5, 0.6) is 0 Å². The van der Waals surface area contributed by atoms with Crippen LogP contribution in [0.15, 0.2) is 24.3 Å². The fraction of sp³-hybridized carbons (Fsp3) is 0.562. The van der Waals surface area contributed by atoms with Crippen LogP contribution < -0.4 is 11.1 Å². The van der Waals surface area contributed by atoms with Gasteiger partial charge in [-0.1, -0.05) is 19.1 Å². The molecular weight excluding hydrogens is 250 g/mol. The molecule has 110 valence electrons. The summed E-state index contributed by atoms with van der Waals surface area (Å²) in [5, 5.41) is 3.59. The smallest absolute Gasteiger partial charge is 0.248 e. The minimum absolute atomic E-state index is 0.361. The van der Waals surface area contributed by atoms with E-state index in [-0.39, 0.29) is 5.91 Å². The highest BCUT2D eigenvalue weighted by molar-refractivity contribution is 5.92. The molecule has 1 aromatic rings.